The monoisotopic (exact) mass is 354 g/mol. The second-order valence-corrected chi connectivity index (χ2v) is 10.3. The standard InChI is InChI=1S/C16H22N2O3S2/c19-15(13-3-7-22-10-13)18-11-16(12-18)14(4-8-23(16,20)21)9-17-5-1-2-6-17/h3,7,10,14H,1-2,4-6,8-9,11-12H2. The van der Waals surface area contributed by atoms with Crippen molar-refractivity contribution in [2.75, 3.05) is 38.5 Å². The number of carbonyl (C=O) groups is 1. The molecule has 0 aliphatic carbocycles. The summed E-state index contributed by atoms with van der Waals surface area (Å²) in [5, 5.41) is 3.71. The predicted octanol–water partition coefficient (Wildman–Crippen LogP) is 1.47. The molecule has 1 atom stereocenters. The summed E-state index contributed by atoms with van der Waals surface area (Å²) in [6, 6.07) is 1.81. The van der Waals surface area contributed by atoms with Crippen LogP contribution in [0.5, 0.6) is 0 Å². The number of rotatable bonds is 3. The first-order valence-corrected chi connectivity index (χ1v) is 10.9. The Morgan fingerprint density at radius 3 is 2.70 bits per heavy atom. The van der Waals surface area contributed by atoms with Gasteiger partial charge in [-0.2, -0.15) is 11.3 Å². The molecule has 0 radical (unpaired) electrons. The molecule has 5 nitrogen and oxygen atoms in total. The molecule has 7 heteroatoms. The molecular formula is C16H22N2O3S2. The van der Waals surface area contributed by atoms with Crippen LogP contribution in [0.1, 0.15) is 29.6 Å². The van der Waals surface area contributed by atoms with Crippen LogP contribution in [0.2, 0.25) is 0 Å². The van der Waals surface area contributed by atoms with Gasteiger partial charge in [0.1, 0.15) is 4.75 Å². The third kappa shape index (κ3) is 2.44. The molecule has 4 heterocycles. The molecule has 1 aromatic rings. The quantitative estimate of drug-likeness (QED) is 0.825. The van der Waals surface area contributed by atoms with Crippen molar-refractivity contribution >= 4 is 27.1 Å². The van der Waals surface area contributed by atoms with Crippen molar-refractivity contribution in [2.24, 2.45) is 5.92 Å². The summed E-state index contributed by atoms with van der Waals surface area (Å²) in [5.74, 6) is 0.433. The van der Waals surface area contributed by atoms with Gasteiger partial charge in [0.15, 0.2) is 9.84 Å². The lowest BCUT2D eigenvalue weighted by molar-refractivity contribution is 0.0433. The number of amides is 1. The van der Waals surface area contributed by atoms with Crippen LogP contribution < -0.4 is 0 Å². The van der Waals surface area contributed by atoms with Gasteiger partial charge in [-0.1, -0.05) is 0 Å². The van der Waals surface area contributed by atoms with Crippen LogP contribution in [-0.4, -0.2) is 67.3 Å². The van der Waals surface area contributed by atoms with Crippen LogP contribution in [0, 0.1) is 5.92 Å². The minimum atomic E-state index is -3.09. The van der Waals surface area contributed by atoms with E-state index in [0.29, 0.717) is 18.7 Å². The van der Waals surface area contributed by atoms with E-state index in [1.165, 1.54) is 24.2 Å². The summed E-state index contributed by atoms with van der Waals surface area (Å²) in [6.07, 6.45) is 3.18. The smallest absolute Gasteiger partial charge is 0.254 e. The fraction of sp³-hybridized carbons (Fsp3) is 0.688. The maximum Gasteiger partial charge on any atom is 0.254 e. The zero-order valence-corrected chi connectivity index (χ0v) is 14.7. The first kappa shape index (κ1) is 15.6. The van der Waals surface area contributed by atoms with Crippen molar-refractivity contribution in [3.63, 3.8) is 0 Å². The Bertz CT molecular complexity index is 687. The zero-order valence-electron chi connectivity index (χ0n) is 13.1. The third-order valence-electron chi connectivity index (χ3n) is 5.75. The maximum absolute atomic E-state index is 12.7. The molecule has 1 amide bonds. The van der Waals surface area contributed by atoms with Crippen LogP contribution in [0.15, 0.2) is 16.8 Å². The van der Waals surface area contributed by atoms with E-state index in [4.69, 9.17) is 0 Å². The Morgan fingerprint density at radius 2 is 2.04 bits per heavy atom. The summed E-state index contributed by atoms with van der Waals surface area (Å²) in [7, 11) is -3.09. The predicted molar refractivity (Wildman–Crippen MR) is 90.5 cm³/mol. The van der Waals surface area contributed by atoms with Crippen molar-refractivity contribution in [3.05, 3.63) is 22.4 Å². The Morgan fingerprint density at radius 1 is 1.30 bits per heavy atom. The highest BCUT2D eigenvalue weighted by atomic mass is 32.2. The molecule has 23 heavy (non-hydrogen) atoms. The van der Waals surface area contributed by atoms with E-state index < -0.39 is 14.6 Å². The van der Waals surface area contributed by atoms with Gasteiger partial charge < -0.3 is 9.80 Å². The summed E-state index contributed by atoms with van der Waals surface area (Å²) >= 11 is 1.49. The van der Waals surface area contributed by atoms with Crippen LogP contribution in [-0.2, 0) is 9.84 Å². The minimum Gasteiger partial charge on any atom is -0.335 e. The van der Waals surface area contributed by atoms with Gasteiger partial charge >= 0.3 is 0 Å². The zero-order chi connectivity index (χ0) is 16.1. The van der Waals surface area contributed by atoms with Crippen LogP contribution in [0.25, 0.3) is 0 Å². The number of nitrogens with zero attached hydrogens (tertiary/aromatic N) is 2. The number of sulfone groups is 1. The van der Waals surface area contributed by atoms with E-state index in [-0.39, 0.29) is 17.6 Å². The average Bonchev–Trinajstić information content (AvgIpc) is 3.18. The summed E-state index contributed by atoms with van der Waals surface area (Å²) in [4.78, 5) is 16.5. The number of carbonyl (C=O) groups excluding carboxylic acids is 1. The van der Waals surface area contributed by atoms with Crippen LogP contribution >= 0.6 is 11.3 Å². The fourth-order valence-corrected chi connectivity index (χ4v) is 7.36. The molecule has 3 aliphatic rings. The largest absolute Gasteiger partial charge is 0.335 e. The number of hydrogen-bond donors (Lipinski definition) is 0. The average molecular weight is 354 g/mol. The summed E-state index contributed by atoms with van der Waals surface area (Å²) in [5.41, 5.74) is 0.677. The molecule has 3 aliphatic heterocycles. The molecule has 0 N–H and O–H groups in total. The topological polar surface area (TPSA) is 57.7 Å². The minimum absolute atomic E-state index is 0.0288. The van der Waals surface area contributed by atoms with Crippen molar-refractivity contribution in [2.45, 2.75) is 24.0 Å². The molecule has 126 valence electrons. The van der Waals surface area contributed by atoms with E-state index in [0.717, 1.165) is 26.1 Å². The van der Waals surface area contributed by atoms with E-state index >= 15 is 0 Å². The second-order valence-electron chi connectivity index (χ2n) is 7.05. The lowest BCUT2D eigenvalue weighted by Crippen LogP contribution is -2.69. The van der Waals surface area contributed by atoms with Gasteiger partial charge in [-0.05, 0) is 49.7 Å². The first-order chi connectivity index (χ1) is 11.0. The lowest BCUT2D eigenvalue weighted by Gasteiger charge is -2.50. The molecule has 1 spiro atoms. The Hall–Kier alpha value is -0.920. The molecule has 0 saturated carbocycles. The highest BCUT2D eigenvalue weighted by Gasteiger charge is 2.62. The molecule has 1 aromatic heterocycles. The summed E-state index contributed by atoms with van der Waals surface area (Å²) in [6.45, 7) is 3.80. The fourth-order valence-electron chi connectivity index (χ4n) is 4.32. The highest BCUT2D eigenvalue weighted by molar-refractivity contribution is 7.93. The number of thiophene rings is 1. The van der Waals surface area contributed by atoms with Gasteiger partial charge in [0, 0.05) is 25.0 Å². The van der Waals surface area contributed by atoms with Gasteiger partial charge in [-0.25, -0.2) is 8.42 Å². The van der Waals surface area contributed by atoms with Gasteiger partial charge in [0.05, 0.1) is 11.3 Å². The molecule has 0 aromatic carbocycles. The van der Waals surface area contributed by atoms with Crippen molar-refractivity contribution in [1.82, 2.24) is 9.80 Å². The Kier molecular flexibility index (Phi) is 3.77. The van der Waals surface area contributed by atoms with Gasteiger partial charge in [-0.3, -0.25) is 4.79 Å². The lowest BCUT2D eigenvalue weighted by atomic mass is 9.82. The Labute approximate surface area is 141 Å². The van der Waals surface area contributed by atoms with Crippen LogP contribution in [0.4, 0.5) is 0 Å². The highest BCUT2D eigenvalue weighted by Crippen LogP contribution is 2.45. The van der Waals surface area contributed by atoms with Gasteiger partial charge in [-0.15, -0.1) is 0 Å². The molecule has 3 fully saturated rings. The maximum atomic E-state index is 12.7. The number of likely N-dealkylation sites (tertiary alicyclic amines) is 2. The SMILES string of the molecule is O=C(c1ccsc1)N1CC2(C1)C(CN1CCCC1)CCS2(=O)=O. The first-order valence-electron chi connectivity index (χ1n) is 8.28. The molecule has 3 saturated heterocycles. The summed E-state index contributed by atoms with van der Waals surface area (Å²) < 4.78 is 24.6. The van der Waals surface area contributed by atoms with Gasteiger partial charge in [0.2, 0.25) is 0 Å². The van der Waals surface area contributed by atoms with Crippen molar-refractivity contribution in [1.29, 1.82) is 0 Å². The third-order valence-corrected chi connectivity index (χ3v) is 9.03. The van der Waals surface area contributed by atoms with E-state index in [2.05, 4.69) is 4.90 Å². The van der Waals surface area contributed by atoms with Gasteiger partial charge in [0.25, 0.3) is 5.91 Å². The Balaban J connectivity index is 1.50. The number of hydrogen-bond acceptors (Lipinski definition) is 5. The molecule has 4 rings (SSSR count). The molecule has 1 unspecified atom stereocenters. The molecule has 0 bridgehead atoms. The van der Waals surface area contributed by atoms with E-state index in [1.807, 2.05) is 16.8 Å². The van der Waals surface area contributed by atoms with Crippen molar-refractivity contribution in [3.8, 4) is 0 Å². The molecular weight excluding hydrogens is 332 g/mol. The normalized spacial score (nSPS) is 29.0. The van der Waals surface area contributed by atoms with E-state index in [9.17, 15) is 13.2 Å². The van der Waals surface area contributed by atoms with E-state index in [1.54, 1.807) is 4.90 Å². The second kappa shape index (κ2) is 5.57. The van der Waals surface area contributed by atoms with Crippen molar-refractivity contribution < 1.29 is 13.2 Å². The van der Waals surface area contributed by atoms with Crippen LogP contribution in [0.3, 0.4) is 0 Å².